The fourth-order valence-electron chi connectivity index (χ4n) is 2.99. The van der Waals surface area contributed by atoms with Gasteiger partial charge in [-0.1, -0.05) is 6.07 Å². The molecule has 2 aromatic heterocycles. The van der Waals surface area contributed by atoms with E-state index < -0.39 is 11.7 Å². The first-order valence-electron chi connectivity index (χ1n) is 8.38. The topological polar surface area (TPSA) is 58.1 Å². The number of rotatable bonds is 4. The SMILES string of the molecule is O=C(Nc1ccccn1)C1CCCN(Cc2ccc(C(F)(F)F)cn2)C1. The molecule has 0 radical (unpaired) electrons. The molecular formula is C18H19F3N4O. The molecule has 5 nitrogen and oxygen atoms in total. The Morgan fingerprint density at radius 1 is 1.23 bits per heavy atom. The van der Waals surface area contributed by atoms with Crippen molar-refractivity contribution in [3.8, 4) is 0 Å². The van der Waals surface area contributed by atoms with Crippen LogP contribution in [0.5, 0.6) is 0 Å². The Morgan fingerprint density at radius 3 is 2.73 bits per heavy atom. The number of carbonyl (C=O) groups excluding carboxylic acids is 1. The Labute approximate surface area is 149 Å². The predicted octanol–water partition coefficient (Wildman–Crippen LogP) is 3.35. The van der Waals surface area contributed by atoms with Crippen molar-refractivity contribution in [1.29, 1.82) is 0 Å². The minimum absolute atomic E-state index is 0.0891. The number of amides is 1. The number of halogens is 3. The molecule has 0 aliphatic carbocycles. The van der Waals surface area contributed by atoms with Gasteiger partial charge in [0.2, 0.25) is 5.91 Å². The van der Waals surface area contributed by atoms with Gasteiger partial charge < -0.3 is 5.32 Å². The third-order valence-electron chi connectivity index (χ3n) is 4.33. The van der Waals surface area contributed by atoms with Crippen LogP contribution >= 0.6 is 0 Å². The van der Waals surface area contributed by atoms with Crippen molar-refractivity contribution in [2.24, 2.45) is 5.92 Å². The van der Waals surface area contributed by atoms with Crippen molar-refractivity contribution >= 4 is 11.7 Å². The molecule has 1 saturated heterocycles. The number of nitrogens with zero attached hydrogens (tertiary/aromatic N) is 3. The number of hydrogen-bond acceptors (Lipinski definition) is 4. The average Bonchev–Trinajstić information content (AvgIpc) is 2.62. The van der Waals surface area contributed by atoms with E-state index >= 15 is 0 Å². The lowest BCUT2D eigenvalue weighted by Crippen LogP contribution is -2.40. The molecule has 0 bridgehead atoms. The summed E-state index contributed by atoms with van der Waals surface area (Å²) in [5.74, 6) is 0.244. The monoisotopic (exact) mass is 364 g/mol. The maximum atomic E-state index is 12.6. The van der Waals surface area contributed by atoms with Crippen molar-refractivity contribution < 1.29 is 18.0 Å². The Kier molecular flexibility index (Phi) is 5.51. The molecule has 1 N–H and O–H groups in total. The maximum Gasteiger partial charge on any atom is 0.417 e. The van der Waals surface area contributed by atoms with E-state index in [4.69, 9.17) is 0 Å². The highest BCUT2D eigenvalue weighted by Gasteiger charge is 2.31. The lowest BCUT2D eigenvalue weighted by molar-refractivity contribution is -0.137. The molecule has 2 aromatic rings. The van der Waals surface area contributed by atoms with Gasteiger partial charge in [-0.2, -0.15) is 13.2 Å². The van der Waals surface area contributed by atoms with Gasteiger partial charge in [0.25, 0.3) is 0 Å². The number of anilines is 1. The van der Waals surface area contributed by atoms with Crippen LogP contribution in [-0.2, 0) is 17.5 Å². The molecule has 3 rings (SSSR count). The van der Waals surface area contributed by atoms with Crippen LogP contribution in [0, 0.1) is 5.92 Å². The van der Waals surface area contributed by atoms with Gasteiger partial charge in [0.05, 0.1) is 17.2 Å². The fourth-order valence-corrected chi connectivity index (χ4v) is 2.99. The van der Waals surface area contributed by atoms with Gasteiger partial charge in [-0.25, -0.2) is 4.98 Å². The molecule has 1 aliphatic rings. The first-order chi connectivity index (χ1) is 12.4. The standard InChI is InChI=1S/C18H19F3N4O/c19-18(20,21)14-6-7-15(23-10-14)12-25-9-3-4-13(11-25)17(26)24-16-5-1-2-8-22-16/h1-2,5-8,10,13H,3-4,9,11-12H2,(H,22,24,26). The normalized spacial score (nSPS) is 18.5. The van der Waals surface area contributed by atoms with E-state index in [0.717, 1.165) is 31.6 Å². The molecular weight excluding hydrogens is 345 g/mol. The van der Waals surface area contributed by atoms with E-state index in [9.17, 15) is 18.0 Å². The molecule has 3 heterocycles. The second-order valence-corrected chi connectivity index (χ2v) is 6.31. The molecule has 1 fully saturated rings. The Hall–Kier alpha value is -2.48. The first kappa shape index (κ1) is 18.3. The van der Waals surface area contributed by atoms with Crippen LogP contribution in [0.2, 0.25) is 0 Å². The summed E-state index contributed by atoms with van der Waals surface area (Å²) in [7, 11) is 0. The molecule has 0 spiro atoms. The van der Waals surface area contributed by atoms with Crippen molar-refractivity contribution in [3.63, 3.8) is 0 Å². The van der Waals surface area contributed by atoms with Crippen molar-refractivity contribution in [2.45, 2.75) is 25.6 Å². The second kappa shape index (κ2) is 7.82. The molecule has 8 heteroatoms. The van der Waals surface area contributed by atoms with Crippen LogP contribution in [0.15, 0.2) is 42.7 Å². The van der Waals surface area contributed by atoms with Gasteiger partial charge in [0.1, 0.15) is 5.82 Å². The third kappa shape index (κ3) is 4.78. The highest BCUT2D eigenvalue weighted by Crippen LogP contribution is 2.28. The molecule has 1 atom stereocenters. The molecule has 0 saturated carbocycles. The van der Waals surface area contributed by atoms with Gasteiger partial charge >= 0.3 is 6.18 Å². The zero-order chi connectivity index (χ0) is 18.6. The number of hydrogen-bond donors (Lipinski definition) is 1. The van der Waals surface area contributed by atoms with E-state index in [-0.39, 0.29) is 11.8 Å². The van der Waals surface area contributed by atoms with E-state index in [2.05, 4.69) is 15.3 Å². The highest BCUT2D eigenvalue weighted by atomic mass is 19.4. The third-order valence-corrected chi connectivity index (χ3v) is 4.33. The van der Waals surface area contributed by atoms with Crippen LogP contribution < -0.4 is 5.32 Å². The van der Waals surface area contributed by atoms with Crippen LogP contribution in [0.25, 0.3) is 0 Å². The molecule has 1 amide bonds. The summed E-state index contributed by atoms with van der Waals surface area (Å²) >= 11 is 0. The van der Waals surface area contributed by atoms with Gasteiger partial charge in [-0.3, -0.25) is 14.7 Å². The smallest absolute Gasteiger partial charge is 0.310 e. The van der Waals surface area contributed by atoms with E-state index in [0.29, 0.717) is 24.6 Å². The lowest BCUT2D eigenvalue weighted by atomic mass is 9.97. The van der Waals surface area contributed by atoms with Gasteiger partial charge in [-0.15, -0.1) is 0 Å². The summed E-state index contributed by atoms with van der Waals surface area (Å²) in [4.78, 5) is 22.4. The Balaban J connectivity index is 1.57. The van der Waals surface area contributed by atoms with Crippen molar-refractivity contribution in [1.82, 2.24) is 14.9 Å². The number of pyridine rings is 2. The summed E-state index contributed by atoms with van der Waals surface area (Å²) in [5, 5.41) is 2.80. The molecule has 1 aliphatic heterocycles. The van der Waals surface area contributed by atoms with Crippen LogP contribution in [-0.4, -0.2) is 33.9 Å². The minimum Gasteiger partial charge on any atom is -0.310 e. The summed E-state index contributed by atoms with van der Waals surface area (Å²) < 4.78 is 37.8. The predicted molar refractivity (Wildman–Crippen MR) is 90.1 cm³/mol. The number of aromatic nitrogens is 2. The van der Waals surface area contributed by atoms with E-state index in [1.54, 1.807) is 24.4 Å². The van der Waals surface area contributed by atoms with Gasteiger partial charge in [-0.05, 0) is 43.7 Å². The number of nitrogens with one attached hydrogen (secondary N) is 1. The zero-order valence-corrected chi connectivity index (χ0v) is 14.0. The Morgan fingerprint density at radius 2 is 2.08 bits per heavy atom. The van der Waals surface area contributed by atoms with Gasteiger partial charge in [0, 0.05) is 25.5 Å². The average molecular weight is 364 g/mol. The van der Waals surface area contributed by atoms with Crippen LogP contribution in [0.1, 0.15) is 24.1 Å². The number of alkyl halides is 3. The number of piperidine rings is 1. The molecule has 26 heavy (non-hydrogen) atoms. The van der Waals surface area contributed by atoms with Crippen LogP contribution in [0.4, 0.5) is 19.0 Å². The lowest BCUT2D eigenvalue weighted by Gasteiger charge is -2.31. The van der Waals surface area contributed by atoms with Crippen LogP contribution in [0.3, 0.4) is 0 Å². The maximum absolute atomic E-state index is 12.6. The quantitative estimate of drug-likeness (QED) is 0.904. The molecule has 0 aromatic carbocycles. The summed E-state index contributed by atoms with van der Waals surface area (Å²) in [5.41, 5.74) is -0.198. The summed E-state index contributed by atoms with van der Waals surface area (Å²) in [6, 6.07) is 7.73. The second-order valence-electron chi connectivity index (χ2n) is 6.31. The number of carbonyl (C=O) groups is 1. The van der Waals surface area contributed by atoms with E-state index in [1.165, 1.54) is 6.07 Å². The first-order valence-corrected chi connectivity index (χ1v) is 8.38. The van der Waals surface area contributed by atoms with Gasteiger partial charge in [0.15, 0.2) is 0 Å². The Bertz CT molecular complexity index is 734. The highest BCUT2D eigenvalue weighted by molar-refractivity contribution is 5.91. The number of likely N-dealkylation sites (tertiary alicyclic amines) is 1. The minimum atomic E-state index is -4.38. The fraction of sp³-hybridized carbons (Fsp3) is 0.389. The van der Waals surface area contributed by atoms with Crippen molar-refractivity contribution in [3.05, 3.63) is 54.0 Å². The summed E-state index contributed by atoms with van der Waals surface area (Å²) in [6.45, 7) is 1.75. The van der Waals surface area contributed by atoms with Crippen molar-refractivity contribution in [2.75, 3.05) is 18.4 Å². The molecule has 138 valence electrons. The van der Waals surface area contributed by atoms with E-state index in [1.807, 2.05) is 4.90 Å². The largest absolute Gasteiger partial charge is 0.417 e. The zero-order valence-electron chi connectivity index (χ0n) is 14.0. The molecule has 1 unspecified atom stereocenters. The summed E-state index contributed by atoms with van der Waals surface area (Å²) in [6.07, 6.45) is -0.300.